The molecule has 0 radical (unpaired) electrons. The highest BCUT2D eigenvalue weighted by atomic mass is 16.3. The van der Waals surface area contributed by atoms with Gasteiger partial charge in [0.15, 0.2) is 0 Å². The first kappa shape index (κ1) is 9.86. The van der Waals surface area contributed by atoms with Gasteiger partial charge in [-0.05, 0) is 12.5 Å². The predicted molar refractivity (Wildman–Crippen MR) is 56.0 cm³/mol. The zero-order chi connectivity index (χ0) is 10.8. The Morgan fingerprint density at radius 1 is 1.27 bits per heavy atom. The number of carbonyl (C=O) groups excluding carboxylic acids is 1. The van der Waals surface area contributed by atoms with Crippen molar-refractivity contribution in [3.8, 4) is 0 Å². The molecule has 1 aromatic rings. The van der Waals surface area contributed by atoms with Crippen molar-refractivity contribution < 1.29 is 9.90 Å². The van der Waals surface area contributed by atoms with E-state index in [1.807, 2.05) is 6.07 Å². The fraction of sp³-hybridized carbons (Fsp3) is 0.273. The molecule has 1 heterocycles. The Hall–Kier alpha value is -1.68. The molecule has 0 fully saturated rings. The Kier molecular flexibility index (Phi) is 2.51. The first-order valence-corrected chi connectivity index (χ1v) is 4.86. The van der Waals surface area contributed by atoms with Crippen molar-refractivity contribution in [3.05, 3.63) is 35.4 Å². The molecule has 0 aromatic heterocycles. The molecular formula is C11H12N2O2. The maximum absolute atomic E-state index is 11.8. The molecule has 0 saturated heterocycles. The summed E-state index contributed by atoms with van der Waals surface area (Å²) in [6, 6.07) is 7.11. The Morgan fingerprint density at radius 2 is 1.93 bits per heavy atom. The summed E-state index contributed by atoms with van der Waals surface area (Å²) >= 11 is 0. The summed E-state index contributed by atoms with van der Waals surface area (Å²) in [6.07, 6.45) is 0.502. The highest BCUT2D eigenvalue weighted by molar-refractivity contribution is 6.22. The minimum Gasteiger partial charge on any atom is -0.396 e. The first-order valence-electron chi connectivity index (χ1n) is 4.86. The van der Waals surface area contributed by atoms with Crippen molar-refractivity contribution in [1.82, 2.24) is 4.90 Å². The largest absolute Gasteiger partial charge is 0.396 e. The Balaban J connectivity index is 2.29. The highest BCUT2D eigenvalue weighted by Gasteiger charge is 2.31. The van der Waals surface area contributed by atoms with Crippen LogP contribution in [0.4, 0.5) is 0 Å². The Morgan fingerprint density at radius 3 is 2.53 bits per heavy atom. The summed E-state index contributed by atoms with van der Waals surface area (Å²) in [7, 11) is 0. The molecule has 0 spiro atoms. The van der Waals surface area contributed by atoms with Crippen LogP contribution < -0.4 is 0 Å². The van der Waals surface area contributed by atoms with Gasteiger partial charge in [-0.3, -0.25) is 15.1 Å². The molecule has 0 unspecified atom stereocenters. The maximum atomic E-state index is 11.8. The lowest BCUT2D eigenvalue weighted by atomic mass is 10.1. The van der Waals surface area contributed by atoms with Crippen LogP contribution in [0.25, 0.3) is 0 Å². The number of benzene rings is 1. The number of nitrogens with one attached hydrogen (secondary N) is 1. The zero-order valence-electron chi connectivity index (χ0n) is 8.23. The fourth-order valence-corrected chi connectivity index (χ4v) is 1.71. The summed E-state index contributed by atoms with van der Waals surface area (Å²) in [5.41, 5.74) is 1.26. The molecule has 0 aliphatic carbocycles. The second kappa shape index (κ2) is 3.82. The van der Waals surface area contributed by atoms with Crippen molar-refractivity contribution in [2.45, 2.75) is 6.42 Å². The van der Waals surface area contributed by atoms with Crippen LogP contribution in [0, 0.1) is 5.41 Å². The van der Waals surface area contributed by atoms with Gasteiger partial charge in [0.1, 0.15) is 5.84 Å². The molecule has 2 rings (SSSR count). The van der Waals surface area contributed by atoms with Crippen molar-refractivity contribution in [2.24, 2.45) is 0 Å². The average molecular weight is 204 g/mol. The van der Waals surface area contributed by atoms with E-state index >= 15 is 0 Å². The van der Waals surface area contributed by atoms with Gasteiger partial charge in [-0.15, -0.1) is 0 Å². The lowest BCUT2D eigenvalue weighted by Gasteiger charge is -2.14. The van der Waals surface area contributed by atoms with Gasteiger partial charge in [-0.25, -0.2) is 0 Å². The van der Waals surface area contributed by atoms with E-state index in [2.05, 4.69) is 0 Å². The molecule has 4 nitrogen and oxygen atoms in total. The second-order valence-corrected chi connectivity index (χ2v) is 3.43. The zero-order valence-corrected chi connectivity index (χ0v) is 8.23. The van der Waals surface area contributed by atoms with E-state index < -0.39 is 0 Å². The van der Waals surface area contributed by atoms with Gasteiger partial charge in [0.25, 0.3) is 5.91 Å². The van der Waals surface area contributed by atoms with Gasteiger partial charge >= 0.3 is 0 Å². The third-order valence-electron chi connectivity index (χ3n) is 2.47. The molecule has 78 valence electrons. The second-order valence-electron chi connectivity index (χ2n) is 3.43. The van der Waals surface area contributed by atoms with Crippen molar-refractivity contribution in [2.75, 3.05) is 13.2 Å². The standard InChI is InChI=1S/C11H12N2O2/c12-10-8-4-1-2-5-9(8)11(15)13(10)6-3-7-14/h1-2,4-5,12,14H,3,6-7H2. The quantitative estimate of drug-likeness (QED) is 0.766. The van der Waals surface area contributed by atoms with Crippen molar-refractivity contribution in [3.63, 3.8) is 0 Å². The van der Waals surface area contributed by atoms with E-state index in [9.17, 15) is 4.79 Å². The minimum atomic E-state index is -0.135. The van der Waals surface area contributed by atoms with E-state index in [1.165, 1.54) is 4.90 Å². The summed E-state index contributed by atoms with van der Waals surface area (Å²) in [5, 5.41) is 16.5. The SMILES string of the molecule is N=C1c2ccccc2C(=O)N1CCCO. The van der Waals surface area contributed by atoms with E-state index in [0.717, 1.165) is 0 Å². The van der Waals surface area contributed by atoms with Gasteiger partial charge in [0, 0.05) is 18.7 Å². The van der Waals surface area contributed by atoms with Crippen LogP contribution in [0.15, 0.2) is 24.3 Å². The lowest BCUT2D eigenvalue weighted by Crippen LogP contribution is -2.31. The molecule has 4 heteroatoms. The number of carbonyl (C=O) groups is 1. The number of aliphatic hydroxyl groups excluding tert-OH is 1. The summed E-state index contributed by atoms with van der Waals surface area (Å²) in [5.74, 6) is 0.105. The van der Waals surface area contributed by atoms with Gasteiger partial charge in [0.05, 0.1) is 5.56 Å². The summed E-state index contributed by atoms with van der Waals surface area (Å²) < 4.78 is 0. The first-order chi connectivity index (χ1) is 7.25. The predicted octanol–water partition coefficient (Wildman–Crippen LogP) is 0.850. The minimum absolute atomic E-state index is 0.0351. The number of amides is 1. The average Bonchev–Trinajstić information content (AvgIpc) is 2.51. The third kappa shape index (κ3) is 1.53. The summed E-state index contributed by atoms with van der Waals surface area (Å²) in [4.78, 5) is 13.2. The third-order valence-corrected chi connectivity index (χ3v) is 2.47. The number of rotatable bonds is 3. The van der Waals surface area contributed by atoms with Gasteiger partial charge in [0.2, 0.25) is 0 Å². The smallest absolute Gasteiger partial charge is 0.260 e. The summed E-state index contributed by atoms with van der Waals surface area (Å²) in [6.45, 7) is 0.441. The van der Waals surface area contributed by atoms with Crippen LogP contribution >= 0.6 is 0 Å². The highest BCUT2D eigenvalue weighted by Crippen LogP contribution is 2.22. The molecule has 0 bridgehead atoms. The molecule has 1 aliphatic heterocycles. The Bertz CT molecular complexity index is 380. The molecular weight excluding hydrogens is 192 g/mol. The van der Waals surface area contributed by atoms with Gasteiger partial charge in [-0.2, -0.15) is 0 Å². The van der Waals surface area contributed by atoms with Crippen molar-refractivity contribution >= 4 is 11.7 Å². The molecule has 1 aliphatic rings. The van der Waals surface area contributed by atoms with Gasteiger partial charge < -0.3 is 5.11 Å². The molecule has 15 heavy (non-hydrogen) atoms. The number of nitrogens with zero attached hydrogens (tertiary/aromatic N) is 1. The lowest BCUT2D eigenvalue weighted by molar-refractivity contribution is 0.0853. The monoisotopic (exact) mass is 204 g/mol. The maximum Gasteiger partial charge on any atom is 0.260 e. The topological polar surface area (TPSA) is 64.4 Å². The molecule has 1 aromatic carbocycles. The van der Waals surface area contributed by atoms with E-state index in [-0.39, 0.29) is 18.3 Å². The molecule has 0 saturated carbocycles. The Labute approximate surface area is 87.7 Å². The number of amidine groups is 1. The molecule has 1 amide bonds. The van der Waals surface area contributed by atoms with Crippen LogP contribution in [-0.4, -0.2) is 34.9 Å². The molecule has 2 N–H and O–H groups in total. The van der Waals surface area contributed by atoms with Crippen LogP contribution in [0.1, 0.15) is 22.3 Å². The normalized spacial score (nSPS) is 14.6. The van der Waals surface area contributed by atoms with E-state index in [0.29, 0.717) is 24.1 Å². The van der Waals surface area contributed by atoms with E-state index in [4.69, 9.17) is 10.5 Å². The number of hydrogen-bond donors (Lipinski definition) is 2. The van der Waals surface area contributed by atoms with Gasteiger partial charge in [-0.1, -0.05) is 18.2 Å². The number of aliphatic hydroxyl groups is 1. The van der Waals surface area contributed by atoms with E-state index in [1.54, 1.807) is 18.2 Å². The van der Waals surface area contributed by atoms with Crippen LogP contribution in [-0.2, 0) is 0 Å². The number of hydrogen-bond acceptors (Lipinski definition) is 3. The van der Waals surface area contributed by atoms with Crippen LogP contribution in [0.3, 0.4) is 0 Å². The molecule has 0 atom stereocenters. The van der Waals surface area contributed by atoms with Crippen LogP contribution in [0.5, 0.6) is 0 Å². The van der Waals surface area contributed by atoms with Crippen LogP contribution in [0.2, 0.25) is 0 Å². The number of fused-ring (bicyclic) bond motifs is 1. The fourth-order valence-electron chi connectivity index (χ4n) is 1.71. The van der Waals surface area contributed by atoms with Crippen molar-refractivity contribution in [1.29, 1.82) is 5.41 Å².